The molecule has 4 N–H and O–H groups in total. The van der Waals surface area contributed by atoms with Gasteiger partial charge in [0.1, 0.15) is 42.0 Å². The number of piperidine rings is 2. The summed E-state index contributed by atoms with van der Waals surface area (Å²) in [5, 5.41) is 11.5. The molecule has 2 fully saturated rings. The van der Waals surface area contributed by atoms with Gasteiger partial charge in [-0.3, -0.25) is 19.2 Å². The maximum atomic E-state index is 13.8. The number of carbonyl (C=O) groups excluding carboxylic acids is 6. The lowest BCUT2D eigenvalue weighted by molar-refractivity contribution is -0.149. The monoisotopic (exact) mass is 922 g/mol. The predicted molar refractivity (Wildman–Crippen MR) is 246 cm³/mol. The average molecular weight is 923 g/mol. The minimum absolute atomic E-state index is 0.00222. The van der Waals surface area contributed by atoms with Crippen LogP contribution in [0.5, 0.6) is 11.5 Å². The number of aromatic nitrogens is 4. The SMILES string of the molecule is C=C(COC(=O)N1C(=O)CCC(N2Cc3cc(CNC(=O)Nc4cccc(Cl)c4)ccc3C2=O)C1=O)C(=O)N1CCC[C@@H](n2nc(-c3ccc(Oc4ccccc4)cc3)c3c(N)ncnc32)C1. The summed E-state index contributed by atoms with van der Waals surface area (Å²) >= 11 is 6.00. The molecule has 0 bridgehead atoms. The highest BCUT2D eigenvalue weighted by atomic mass is 35.5. The number of fused-ring (bicyclic) bond motifs is 2. The molecule has 9 rings (SSSR count). The van der Waals surface area contributed by atoms with Gasteiger partial charge in [0.05, 0.1) is 11.4 Å². The first-order chi connectivity index (χ1) is 32.4. The Morgan fingerprint density at radius 2 is 1.70 bits per heavy atom. The third-order valence-corrected chi connectivity index (χ3v) is 12.0. The smallest absolute Gasteiger partial charge is 0.423 e. The zero-order valence-electron chi connectivity index (χ0n) is 35.9. The molecule has 67 heavy (non-hydrogen) atoms. The van der Waals surface area contributed by atoms with Gasteiger partial charge in [0, 0.05) is 60.0 Å². The van der Waals surface area contributed by atoms with E-state index in [9.17, 15) is 28.8 Å². The van der Waals surface area contributed by atoms with Crippen LogP contribution in [-0.4, -0.2) is 95.9 Å². The second-order valence-electron chi connectivity index (χ2n) is 16.3. The second kappa shape index (κ2) is 18.8. The van der Waals surface area contributed by atoms with E-state index in [0.29, 0.717) is 79.9 Å². The number of nitrogens with one attached hydrogen (secondary N) is 2. The van der Waals surface area contributed by atoms with Crippen LogP contribution in [0.3, 0.4) is 0 Å². The molecule has 0 spiro atoms. The third kappa shape index (κ3) is 9.24. The van der Waals surface area contributed by atoms with E-state index in [1.165, 1.54) is 11.2 Å². The number of ether oxygens (including phenoxy) is 2. The van der Waals surface area contributed by atoms with Gasteiger partial charge in [0.15, 0.2) is 5.65 Å². The van der Waals surface area contributed by atoms with E-state index in [4.69, 9.17) is 31.9 Å². The number of halogens is 1. The molecule has 19 heteroatoms. The fraction of sp³-hybridized carbons (Fsp3) is 0.229. The van der Waals surface area contributed by atoms with Crippen LogP contribution in [0.25, 0.3) is 22.3 Å². The Hall–Kier alpha value is -8.12. The molecule has 2 atom stereocenters. The number of amides is 7. The van der Waals surface area contributed by atoms with Gasteiger partial charge >= 0.3 is 12.1 Å². The van der Waals surface area contributed by atoms with E-state index >= 15 is 0 Å². The molecular weight excluding hydrogens is 880 g/mol. The normalized spacial score (nSPS) is 17.0. The maximum absolute atomic E-state index is 13.8. The Morgan fingerprint density at radius 1 is 0.910 bits per heavy atom. The molecule has 2 saturated heterocycles. The second-order valence-corrected chi connectivity index (χ2v) is 16.7. The van der Waals surface area contributed by atoms with Gasteiger partial charge in [-0.2, -0.15) is 10.00 Å². The van der Waals surface area contributed by atoms with Crippen LogP contribution in [-0.2, 0) is 32.2 Å². The van der Waals surface area contributed by atoms with E-state index in [0.717, 1.165) is 5.56 Å². The summed E-state index contributed by atoms with van der Waals surface area (Å²) in [5.41, 5.74) is 10.4. The standard InChI is InChI=1S/C48H43ClN10O8/c1-28(44(61)56-20-6-9-34(25-56)59-43-40(42(50)52-27-53-43)41(55-59)30-13-15-36(16-14-30)67-35-10-3-2-4-11-35)26-66-48(65)58-39(60)19-18-38(46(58)63)57-24-31-21-29(12-17-37(31)45(57)62)23-51-47(64)54-33-8-5-7-32(49)22-33/h2-5,7-8,10-17,21-22,27,34,38H,1,6,9,18-20,23-26H2,(H2,50,52,53)(H2,51,54,64)/t34-,38?/m1/s1. The van der Waals surface area contributed by atoms with Crippen molar-refractivity contribution in [1.82, 2.24) is 39.8 Å². The number of urea groups is 1. The molecular formula is C48H43ClN10O8. The van der Waals surface area contributed by atoms with Crippen molar-refractivity contribution in [3.05, 3.63) is 137 Å². The lowest BCUT2D eigenvalue weighted by Crippen LogP contribution is -2.56. The fourth-order valence-corrected chi connectivity index (χ4v) is 8.72. The number of hydrogen-bond donors (Lipinski definition) is 3. The molecule has 0 saturated carbocycles. The highest BCUT2D eigenvalue weighted by Crippen LogP contribution is 2.36. The van der Waals surface area contributed by atoms with Crippen LogP contribution in [0.15, 0.2) is 116 Å². The number of hydrogen-bond acceptors (Lipinski definition) is 12. The van der Waals surface area contributed by atoms with E-state index in [2.05, 4.69) is 27.2 Å². The number of benzene rings is 4. The molecule has 0 aliphatic carbocycles. The first kappa shape index (κ1) is 44.1. The molecule has 2 aromatic heterocycles. The summed E-state index contributed by atoms with van der Waals surface area (Å²) in [7, 11) is 0. The first-order valence-electron chi connectivity index (χ1n) is 21.5. The largest absolute Gasteiger partial charge is 0.457 e. The van der Waals surface area contributed by atoms with Crippen molar-refractivity contribution < 1.29 is 38.2 Å². The first-order valence-corrected chi connectivity index (χ1v) is 21.9. The molecule has 18 nitrogen and oxygen atoms in total. The number of anilines is 2. The average Bonchev–Trinajstić information content (AvgIpc) is 3.88. The molecule has 1 unspecified atom stereocenters. The lowest BCUT2D eigenvalue weighted by Gasteiger charge is -2.34. The van der Waals surface area contributed by atoms with E-state index in [-0.39, 0.29) is 49.9 Å². The summed E-state index contributed by atoms with van der Waals surface area (Å²) in [5.74, 6) is -1.03. The molecule has 3 aliphatic rings. The Morgan fingerprint density at radius 3 is 2.49 bits per heavy atom. The highest BCUT2D eigenvalue weighted by Gasteiger charge is 2.46. The van der Waals surface area contributed by atoms with Crippen LogP contribution < -0.4 is 21.1 Å². The van der Waals surface area contributed by atoms with Crippen LogP contribution in [0.1, 0.15) is 53.2 Å². The lowest BCUT2D eigenvalue weighted by atomic mass is 10.0. The molecule has 4 aromatic carbocycles. The van der Waals surface area contributed by atoms with Crippen molar-refractivity contribution in [1.29, 1.82) is 0 Å². The van der Waals surface area contributed by atoms with Crippen molar-refractivity contribution in [3.63, 3.8) is 0 Å². The number of rotatable bonds is 11. The van der Waals surface area contributed by atoms with Gasteiger partial charge in [-0.1, -0.05) is 54.6 Å². The summed E-state index contributed by atoms with van der Waals surface area (Å²) < 4.78 is 13.1. The number of nitrogen functional groups attached to an aromatic ring is 1. The number of para-hydroxylation sites is 1. The van der Waals surface area contributed by atoms with Crippen LogP contribution >= 0.6 is 11.6 Å². The van der Waals surface area contributed by atoms with Gasteiger partial charge in [0.2, 0.25) is 5.91 Å². The van der Waals surface area contributed by atoms with Gasteiger partial charge in [-0.25, -0.2) is 24.2 Å². The Balaban J connectivity index is 0.807. The van der Waals surface area contributed by atoms with Crippen molar-refractivity contribution in [2.75, 3.05) is 30.7 Å². The maximum Gasteiger partial charge on any atom is 0.423 e. The summed E-state index contributed by atoms with van der Waals surface area (Å²) in [6.07, 6.45) is 1.18. The number of imide groups is 3. The fourth-order valence-electron chi connectivity index (χ4n) is 8.53. The predicted octanol–water partition coefficient (Wildman–Crippen LogP) is 6.87. The minimum atomic E-state index is -1.27. The molecule has 7 amide bonds. The molecule has 340 valence electrons. The summed E-state index contributed by atoms with van der Waals surface area (Å²) in [6, 6.07) is 26.7. The van der Waals surface area contributed by atoms with E-state index in [1.54, 1.807) is 52.0 Å². The minimum Gasteiger partial charge on any atom is -0.457 e. The Bertz CT molecular complexity index is 2960. The Labute approximate surface area is 388 Å². The number of carbonyl (C=O) groups is 6. The molecule has 5 heterocycles. The topological polar surface area (TPSA) is 224 Å². The zero-order valence-corrected chi connectivity index (χ0v) is 36.6. The van der Waals surface area contributed by atoms with Crippen LogP contribution in [0.2, 0.25) is 5.02 Å². The molecule has 0 radical (unpaired) electrons. The molecule has 3 aliphatic heterocycles. The zero-order chi connectivity index (χ0) is 46.8. The van der Waals surface area contributed by atoms with E-state index < -0.39 is 48.4 Å². The number of likely N-dealkylation sites (tertiary alicyclic amines) is 2. The number of nitrogens with zero attached hydrogens (tertiary/aromatic N) is 7. The van der Waals surface area contributed by atoms with Gasteiger partial charge in [0.25, 0.3) is 17.7 Å². The van der Waals surface area contributed by atoms with Crippen LogP contribution in [0, 0.1) is 0 Å². The third-order valence-electron chi connectivity index (χ3n) is 11.8. The van der Waals surface area contributed by atoms with Gasteiger partial charge < -0.3 is 35.6 Å². The van der Waals surface area contributed by atoms with Gasteiger partial charge in [-0.15, -0.1) is 0 Å². The van der Waals surface area contributed by atoms with Crippen molar-refractivity contribution in [3.8, 4) is 22.8 Å². The van der Waals surface area contributed by atoms with E-state index in [1.807, 2.05) is 54.6 Å². The van der Waals surface area contributed by atoms with Crippen molar-refractivity contribution >= 4 is 69.9 Å². The van der Waals surface area contributed by atoms with Gasteiger partial charge in [-0.05, 0) is 91.1 Å². The quantitative estimate of drug-likeness (QED) is 0.0894. The van der Waals surface area contributed by atoms with Crippen LogP contribution in [0.4, 0.5) is 21.1 Å². The van der Waals surface area contributed by atoms with Crippen molar-refractivity contribution in [2.24, 2.45) is 0 Å². The molecule has 6 aromatic rings. The number of nitrogens with two attached hydrogens (primary N) is 1. The Kier molecular flexibility index (Phi) is 12.4. The highest BCUT2D eigenvalue weighted by molar-refractivity contribution is 6.30. The van der Waals surface area contributed by atoms with Crippen molar-refractivity contribution in [2.45, 2.75) is 50.9 Å². The summed E-state index contributed by atoms with van der Waals surface area (Å²) in [6.45, 7) is 4.09. The summed E-state index contributed by atoms with van der Waals surface area (Å²) in [4.78, 5) is 92.1.